The maximum absolute atomic E-state index is 3.83. The van der Waals surface area contributed by atoms with E-state index in [2.05, 4.69) is 54.0 Å². The van der Waals surface area contributed by atoms with Crippen LogP contribution in [-0.2, 0) is 6.42 Å². The Morgan fingerprint density at radius 1 is 1.24 bits per heavy atom. The molecule has 4 unspecified atom stereocenters. The number of fused-ring (bicyclic) bond motifs is 3. The number of aryl methyl sites for hydroxylation is 1. The van der Waals surface area contributed by atoms with Crippen LogP contribution in [-0.4, -0.2) is 6.54 Å². The van der Waals surface area contributed by atoms with Gasteiger partial charge in [-0.2, -0.15) is 0 Å². The summed E-state index contributed by atoms with van der Waals surface area (Å²) in [5.74, 6) is 2.50. The average Bonchev–Trinajstić information content (AvgIpc) is 3.00. The van der Waals surface area contributed by atoms with Crippen LogP contribution in [0.25, 0.3) is 0 Å². The molecule has 0 radical (unpaired) electrons. The van der Waals surface area contributed by atoms with E-state index < -0.39 is 0 Å². The number of hydrogen-bond donors (Lipinski definition) is 1. The molecule has 2 aromatic rings. The van der Waals surface area contributed by atoms with Crippen LogP contribution < -0.4 is 5.32 Å². The minimum atomic E-state index is 0.561. The third-order valence-electron chi connectivity index (χ3n) is 5.24. The molecule has 2 aliphatic carbocycles. The molecule has 110 valence electrons. The topological polar surface area (TPSA) is 12.0 Å². The summed E-state index contributed by atoms with van der Waals surface area (Å²) in [4.78, 5) is 1.53. The van der Waals surface area contributed by atoms with E-state index in [1.807, 2.05) is 11.3 Å². The van der Waals surface area contributed by atoms with Gasteiger partial charge in [-0.25, -0.2) is 0 Å². The van der Waals surface area contributed by atoms with Gasteiger partial charge in [0.05, 0.1) is 0 Å². The summed E-state index contributed by atoms with van der Waals surface area (Å²) in [5, 5.41) is 6.05. The minimum Gasteiger partial charge on any atom is -0.309 e. The third-order valence-corrected chi connectivity index (χ3v) is 6.19. The molecule has 2 aliphatic rings. The Morgan fingerprint density at radius 3 is 2.95 bits per heavy atom. The highest BCUT2D eigenvalue weighted by molar-refractivity contribution is 7.10. The quantitative estimate of drug-likeness (QED) is 0.838. The highest BCUT2D eigenvalue weighted by Gasteiger charge is 2.56. The number of hydrogen-bond acceptors (Lipinski definition) is 2. The van der Waals surface area contributed by atoms with Gasteiger partial charge in [0.15, 0.2) is 0 Å². The maximum Gasteiger partial charge on any atom is 0.0452 e. The van der Waals surface area contributed by atoms with E-state index >= 15 is 0 Å². The molecule has 0 spiro atoms. The van der Waals surface area contributed by atoms with Crippen molar-refractivity contribution in [2.45, 2.75) is 38.1 Å². The molecule has 1 N–H and O–H groups in total. The molecule has 1 aromatic carbocycles. The third kappa shape index (κ3) is 2.35. The number of nitrogens with one attached hydrogen (secondary N) is 1. The van der Waals surface area contributed by atoms with E-state index in [1.54, 1.807) is 11.1 Å². The van der Waals surface area contributed by atoms with Crippen LogP contribution in [0, 0.1) is 11.8 Å². The van der Waals surface area contributed by atoms with Crippen LogP contribution in [0.2, 0.25) is 0 Å². The van der Waals surface area contributed by atoms with Gasteiger partial charge in [-0.05, 0) is 66.1 Å². The summed E-state index contributed by atoms with van der Waals surface area (Å²) < 4.78 is 0. The van der Waals surface area contributed by atoms with Gasteiger partial charge >= 0.3 is 0 Å². The lowest BCUT2D eigenvalue weighted by atomic mass is 9.92. The molecule has 0 saturated heterocycles. The molecule has 4 atom stereocenters. The Hall–Kier alpha value is -1.12. The van der Waals surface area contributed by atoms with Gasteiger partial charge in [-0.15, -0.1) is 11.3 Å². The normalized spacial score (nSPS) is 27.8. The summed E-state index contributed by atoms with van der Waals surface area (Å²) in [6.45, 7) is 3.38. The van der Waals surface area contributed by atoms with Crippen LogP contribution in [0.4, 0.5) is 0 Å². The summed E-state index contributed by atoms with van der Waals surface area (Å²) in [6, 6.07) is 14.2. The van der Waals surface area contributed by atoms with Crippen molar-refractivity contribution >= 4 is 11.3 Å². The smallest absolute Gasteiger partial charge is 0.0452 e. The minimum absolute atomic E-state index is 0.561. The number of thiophene rings is 1. The van der Waals surface area contributed by atoms with Crippen molar-refractivity contribution in [1.29, 1.82) is 0 Å². The molecule has 1 heterocycles. The largest absolute Gasteiger partial charge is 0.309 e. The lowest BCUT2D eigenvalue weighted by Gasteiger charge is -2.17. The molecule has 0 aliphatic heterocycles. The molecule has 4 rings (SSSR count). The second kappa shape index (κ2) is 5.58. The van der Waals surface area contributed by atoms with Crippen molar-refractivity contribution in [3.8, 4) is 0 Å². The Morgan fingerprint density at radius 2 is 2.14 bits per heavy atom. The first-order chi connectivity index (χ1) is 10.4. The van der Waals surface area contributed by atoms with Crippen molar-refractivity contribution in [2.75, 3.05) is 6.54 Å². The molecular formula is C19H23NS. The van der Waals surface area contributed by atoms with Crippen molar-refractivity contribution in [1.82, 2.24) is 5.32 Å². The zero-order chi connectivity index (χ0) is 14.2. The summed E-state index contributed by atoms with van der Waals surface area (Å²) in [5.41, 5.74) is 3.24. The average molecular weight is 297 g/mol. The molecule has 0 bridgehead atoms. The monoisotopic (exact) mass is 297 g/mol. The summed E-state index contributed by atoms with van der Waals surface area (Å²) in [6.07, 6.45) is 3.86. The lowest BCUT2D eigenvalue weighted by Crippen LogP contribution is -2.24. The van der Waals surface area contributed by atoms with E-state index in [-0.39, 0.29) is 0 Å². The molecule has 1 nitrogen and oxygen atoms in total. The van der Waals surface area contributed by atoms with Gasteiger partial charge in [0, 0.05) is 10.9 Å². The summed E-state index contributed by atoms with van der Waals surface area (Å²) in [7, 11) is 0. The molecule has 21 heavy (non-hydrogen) atoms. The van der Waals surface area contributed by atoms with E-state index in [4.69, 9.17) is 0 Å². The predicted molar refractivity (Wildman–Crippen MR) is 89.8 cm³/mol. The number of benzene rings is 1. The zero-order valence-corrected chi connectivity index (χ0v) is 13.4. The first kappa shape index (κ1) is 13.5. The first-order valence-corrected chi connectivity index (χ1v) is 9.12. The van der Waals surface area contributed by atoms with Crippen molar-refractivity contribution in [3.05, 3.63) is 57.8 Å². The van der Waals surface area contributed by atoms with Crippen LogP contribution in [0.1, 0.15) is 47.7 Å². The van der Waals surface area contributed by atoms with Gasteiger partial charge in [-0.3, -0.25) is 0 Å². The second-order valence-corrected chi connectivity index (χ2v) is 7.43. The highest BCUT2D eigenvalue weighted by atomic mass is 32.1. The predicted octanol–water partition coefficient (Wildman–Crippen LogP) is 4.76. The van der Waals surface area contributed by atoms with Crippen LogP contribution >= 0.6 is 11.3 Å². The van der Waals surface area contributed by atoms with Crippen LogP contribution in [0.15, 0.2) is 41.8 Å². The molecule has 1 saturated carbocycles. The van der Waals surface area contributed by atoms with Crippen molar-refractivity contribution in [2.24, 2.45) is 11.8 Å². The standard InChI is InChI=1S/C19H23NS/c1-2-11-20-19(16-8-5-12-21-16)18-15-10-9-13-6-3-4-7-14(13)17(15)18/h3-8,12,15,17-20H,2,9-11H2,1H3. The molecule has 1 fully saturated rings. The van der Waals surface area contributed by atoms with E-state index in [1.165, 1.54) is 24.1 Å². The van der Waals surface area contributed by atoms with Crippen LogP contribution in [0.3, 0.4) is 0 Å². The Bertz CT molecular complexity index is 604. The molecule has 1 aromatic heterocycles. The summed E-state index contributed by atoms with van der Waals surface area (Å²) >= 11 is 1.91. The van der Waals surface area contributed by atoms with Gasteiger partial charge in [-0.1, -0.05) is 37.3 Å². The fourth-order valence-electron chi connectivity index (χ4n) is 4.27. The second-order valence-electron chi connectivity index (χ2n) is 6.45. The molecule has 0 amide bonds. The van der Waals surface area contributed by atoms with Crippen LogP contribution in [0.5, 0.6) is 0 Å². The van der Waals surface area contributed by atoms with Crippen molar-refractivity contribution in [3.63, 3.8) is 0 Å². The van der Waals surface area contributed by atoms with Gasteiger partial charge in [0.2, 0.25) is 0 Å². The highest BCUT2D eigenvalue weighted by Crippen LogP contribution is 2.64. The zero-order valence-electron chi connectivity index (χ0n) is 12.6. The number of rotatable bonds is 5. The fraction of sp³-hybridized carbons (Fsp3) is 0.474. The van der Waals surface area contributed by atoms with Gasteiger partial charge < -0.3 is 5.32 Å². The van der Waals surface area contributed by atoms with E-state index in [0.717, 1.165) is 24.3 Å². The van der Waals surface area contributed by atoms with E-state index in [9.17, 15) is 0 Å². The fourth-order valence-corrected chi connectivity index (χ4v) is 5.13. The molecular weight excluding hydrogens is 274 g/mol. The Labute approximate surface area is 131 Å². The lowest BCUT2D eigenvalue weighted by molar-refractivity contribution is 0.455. The SMILES string of the molecule is CCCNC(c1cccs1)C1C2CCc3ccccc3C21. The Kier molecular flexibility index (Phi) is 3.60. The van der Waals surface area contributed by atoms with Crippen molar-refractivity contribution < 1.29 is 0 Å². The van der Waals surface area contributed by atoms with Gasteiger partial charge in [0.25, 0.3) is 0 Å². The maximum atomic E-state index is 3.83. The van der Waals surface area contributed by atoms with E-state index in [0.29, 0.717) is 6.04 Å². The molecule has 2 heteroatoms. The Balaban J connectivity index is 1.61. The first-order valence-electron chi connectivity index (χ1n) is 8.24. The van der Waals surface area contributed by atoms with Gasteiger partial charge in [0.1, 0.15) is 0 Å².